The molecule has 9 aromatic rings. The largest absolute Gasteiger partial charge is 0.299 e. The summed E-state index contributed by atoms with van der Waals surface area (Å²) >= 11 is 0. The molecule has 0 amide bonds. The Bertz CT molecular complexity index is 2590. The lowest BCUT2D eigenvalue weighted by molar-refractivity contribution is 1.19. The van der Waals surface area contributed by atoms with Gasteiger partial charge in [0, 0.05) is 33.8 Å². The van der Waals surface area contributed by atoms with Gasteiger partial charge in [-0.15, -0.1) is 0 Å². The smallest absolute Gasteiger partial charge is 0.160 e. The Labute approximate surface area is 284 Å². The second-order valence-electron chi connectivity index (χ2n) is 12.1. The number of rotatable bonds is 6. The van der Waals surface area contributed by atoms with Gasteiger partial charge in [0.25, 0.3) is 0 Å². The predicted octanol–water partition coefficient (Wildman–Crippen LogP) is 11.3. The minimum Gasteiger partial charge on any atom is -0.299 e. The summed E-state index contributed by atoms with van der Waals surface area (Å²) in [5.41, 5.74) is 13.4. The van der Waals surface area contributed by atoms with Gasteiger partial charge >= 0.3 is 0 Å². The average Bonchev–Trinajstić information content (AvgIpc) is 3.58. The molecule has 3 aromatic heterocycles. The fraction of sp³-hybridized carbons (Fsp3) is 0. The van der Waals surface area contributed by atoms with Gasteiger partial charge in [0.05, 0.1) is 22.6 Å². The van der Waals surface area contributed by atoms with Crippen molar-refractivity contribution in [1.29, 1.82) is 0 Å². The fourth-order valence-corrected chi connectivity index (χ4v) is 6.66. The summed E-state index contributed by atoms with van der Waals surface area (Å²) in [6, 6.07) is 61.1. The van der Waals surface area contributed by atoms with Crippen LogP contribution in [0.15, 0.2) is 182 Å². The van der Waals surface area contributed by atoms with Crippen molar-refractivity contribution in [3.05, 3.63) is 182 Å². The summed E-state index contributed by atoms with van der Waals surface area (Å²) in [6.45, 7) is 0. The van der Waals surface area contributed by atoms with E-state index in [0.29, 0.717) is 5.82 Å². The monoisotopic (exact) mass is 626 g/mol. The van der Waals surface area contributed by atoms with Gasteiger partial charge in [-0.2, -0.15) is 0 Å². The van der Waals surface area contributed by atoms with E-state index in [1.165, 1.54) is 0 Å². The number of hydrogen-bond donors (Lipinski definition) is 0. The Kier molecular flexibility index (Phi) is 7.10. The van der Waals surface area contributed by atoms with E-state index in [1.54, 1.807) is 0 Å². The van der Waals surface area contributed by atoms with Crippen molar-refractivity contribution < 1.29 is 0 Å². The molecule has 9 rings (SSSR count). The van der Waals surface area contributed by atoms with Gasteiger partial charge in [-0.05, 0) is 64.7 Å². The molecule has 0 aliphatic carbocycles. The van der Waals surface area contributed by atoms with Crippen LogP contribution in [0.4, 0.5) is 0 Å². The molecule has 0 bridgehead atoms. The van der Waals surface area contributed by atoms with E-state index < -0.39 is 0 Å². The Hall–Kier alpha value is -6.65. The molecule has 0 saturated carbocycles. The fourth-order valence-electron chi connectivity index (χ4n) is 6.66. The Morgan fingerprint density at radius 1 is 0.347 bits per heavy atom. The quantitative estimate of drug-likeness (QED) is 0.184. The summed E-state index contributed by atoms with van der Waals surface area (Å²) < 4.78 is 2.17. The molecule has 4 nitrogen and oxygen atoms in total. The molecule has 0 fully saturated rings. The first-order chi connectivity index (χ1) is 24.3. The first kappa shape index (κ1) is 28.6. The van der Waals surface area contributed by atoms with E-state index in [1.807, 2.05) is 30.3 Å². The first-order valence-electron chi connectivity index (χ1n) is 16.4. The number of fused-ring (bicyclic) bond motifs is 2. The van der Waals surface area contributed by atoms with Crippen LogP contribution in [0, 0.1) is 0 Å². The lowest BCUT2D eigenvalue weighted by atomic mass is 9.94. The highest BCUT2D eigenvalue weighted by Crippen LogP contribution is 2.38. The second-order valence-corrected chi connectivity index (χ2v) is 12.1. The molecule has 6 aromatic carbocycles. The van der Waals surface area contributed by atoms with E-state index in [4.69, 9.17) is 15.0 Å². The maximum atomic E-state index is 5.22. The Morgan fingerprint density at radius 2 is 0.918 bits per heavy atom. The predicted molar refractivity (Wildman–Crippen MR) is 201 cm³/mol. The number of nitrogens with zero attached hydrogens (tertiary/aromatic N) is 4. The molecule has 0 atom stereocenters. The van der Waals surface area contributed by atoms with Gasteiger partial charge in [0.15, 0.2) is 5.82 Å². The zero-order valence-electron chi connectivity index (χ0n) is 26.6. The highest BCUT2D eigenvalue weighted by molar-refractivity contribution is 5.94. The van der Waals surface area contributed by atoms with Crippen LogP contribution in [0.5, 0.6) is 0 Å². The van der Waals surface area contributed by atoms with Crippen LogP contribution in [-0.4, -0.2) is 19.4 Å². The van der Waals surface area contributed by atoms with E-state index in [-0.39, 0.29) is 0 Å². The summed E-state index contributed by atoms with van der Waals surface area (Å²) in [5, 5.41) is 1.03. The number of aromatic nitrogens is 4. The second kappa shape index (κ2) is 12.2. The van der Waals surface area contributed by atoms with Crippen molar-refractivity contribution in [2.45, 2.75) is 0 Å². The zero-order chi connectivity index (χ0) is 32.6. The molecule has 0 aliphatic heterocycles. The molecule has 0 radical (unpaired) electrons. The van der Waals surface area contributed by atoms with Crippen molar-refractivity contribution in [3.8, 4) is 67.4 Å². The molecule has 0 spiro atoms. The molecule has 0 N–H and O–H groups in total. The molecule has 230 valence electrons. The van der Waals surface area contributed by atoms with Crippen molar-refractivity contribution >= 4 is 16.6 Å². The minimum atomic E-state index is 0.694. The van der Waals surface area contributed by atoms with E-state index in [2.05, 4.69) is 156 Å². The van der Waals surface area contributed by atoms with Gasteiger partial charge in [-0.1, -0.05) is 133 Å². The Balaban J connectivity index is 1.24. The summed E-state index contributed by atoms with van der Waals surface area (Å²) in [4.78, 5) is 15.5. The van der Waals surface area contributed by atoms with Crippen LogP contribution in [-0.2, 0) is 0 Å². The third-order valence-corrected chi connectivity index (χ3v) is 9.00. The van der Waals surface area contributed by atoms with Gasteiger partial charge < -0.3 is 0 Å². The highest BCUT2D eigenvalue weighted by Gasteiger charge is 2.18. The molecule has 0 aliphatic rings. The van der Waals surface area contributed by atoms with Crippen LogP contribution in [0.1, 0.15) is 0 Å². The molecule has 3 heterocycles. The number of benzene rings is 6. The lowest BCUT2D eigenvalue weighted by Crippen LogP contribution is -1.96. The number of para-hydroxylation sites is 1. The van der Waals surface area contributed by atoms with Crippen molar-refractivity contribution in [1.82, 2.24) is 19.4 Å². The van der Waals surface area contributed by atoms with E-state index in [9.17, 15) is 0 Å². The van der Waals surface area contributed by atoms with Crippen LogP contribution in [0.3, 0.4) is 0 Å². The molecule has 49 heavy (non-hydrogen) atoms. The van der Waals surface area contributed by atoms with E-state index >= 15 is 0 Å². The van der Waals surface area contributed by atoms with Crippen LogP contribution in [0.2, 0.25) is 0 Å². The maximum absolute atomic E-state index is 5.22. The van der Waals surface area contributed by atoms with Gasteiger partial charge in [-0.3, -0.25) is 4.40 Å². The first-order valence-corrected chi connectivity index (χ1v) is 16.4. The lowest BCUT2D eigenvalue weighted by Gasteiger charge is -2.13. The zero-order valence-corrected chi connectivity index (χ0v) is 26.6. The van der Waals surface area contributed by atoms with Crippen molar-refractivity contribution in [2.75, 3.05) is 0 Å². The molecular weight excluding hydrogens is 597 g/mol. The number of pyridine rings is 1. The minimum absolute atomic E-state index is 0.694. The SMILES string of the molecule is c1ccc(-c2cc(-c3cccc(-c4nc5ccccn5c4-c4ccccc4)c3)cc(-c3nc(-c4ccccc4)c4ccccc4n3)c2)cc1. The molecular formula is C45H30N4. The number of hydrogen-bond acceptors (Lipinski definition) is 3. The summed E-state index contributed by atoms with van der Waals surface area (Å²) in [7, 11) is 0. The van der Waals surface area contributed by atoms with Crippen molar-refractivity contribution in [3.63, 3.8) is 0 Å². The third-order valence-electron chi connectivity index (χ3n) is 9.00. The number of imidazole rings is 1. The highest BCUT2D eigenvalue weighted by atomic mass is 15.0. The van der Waals surface area contributed by atoms with Gasteiger partial charge in [-0.25, -0.2) is 15.0 Å². The van der Waals surface area contributed by atoms with Gasteiger partial charge in [0.1, 0.15) is 5.65 Å². The standard InChI is InChI=1S/C45H30N4/c1-4-15-31(16-5-1)36-28-37(30-38(29-36)45-46-40-24-11-10-23-39(40)42(48-45)32-17-6-2-7-18-32)34-21-14-22-35(27-34)43-44(33-19-8-3-9-20-33)49-26-13-12-25-41(49)47-43/h1-30H. The van der Waals surface area contributed by atoms with Gasteiger partial charge in [0.2, 0.25) is 0 Å². The van der Waals surface area contributed by atoms with Crippen molar-refractivity contribution in [2.24, 2.45) is 0 Å². The topological polar surface area (TPSA) is 43.1 Å². The summed E-state index contributed by atoms with van der Waals surface area (Å²) in [6.07, 6.45) is 2.08. The van der Waals surface area contributed by atoms with E-state index in [0.717, 1.165) is 78.1 Å². The van der Waals surface area contributed by atoms with Crippen LogP contribution < -0.4 is 0 Å². The average molecular weight is 627 g/mol. The molecule has 4 heteroatoms. The summed E-state index contributed by atoms with van der Waals surface area (Å²) in [5.74, 6) is 0.694. The maximum Gasteiger partial charge on any atom is 0.160 e. The normalized spacial score (nSPS) is 11.3. The molecule has 0 unspecified atom stereocenters. The van der Waals surface area contributed by atoms with Crippen LogP contribution in [0.25, 0.3) is 84.0 Å². The molecule has 0 saturated heterocycles. The Morgan fingerprint density at radius 3 is 1.69 bits per heavy atom. The van der Waals surface area contributed by atoms with Crippen LogP contribution >= 0.6 is 0 Å². The third kappa shape index (κ3) is 5.35.